The predicted molar refractivity (Wildman–Crippen MR) is 185 cm³/mol. The van der Waals surface area contributed by atoms with Crippen LogP contribution in [0.25, 0.3) is 0 Å². The largest absolute Gasteiger partial charge is 0.481 e. The zero-order chi connectivity index (χ0) is 32.5. The van der Waals surface area contributed by atoms with Crippen LogP contribution >= 0.6 is 11.3 Å². The van der Waals surface area contributed by atoms with Crippen molar-refractivity contribution in [2.75, 3.05) is 17.2 Å². The lowest BCUT2D eigenvalue weighted by Gasteiger charge is -2.38. The minimum atomic E-state index is -0.668. The van der Waals surface area contributed by atoms with Gasteiger partial charge in [0.1, 0.15) is 11.6 Å². The van der Waals surface area contributed by atoms with Crippen LogP contribution in [0.1, 0.15) is 117 Å². The average Bonchev–Trinajstić information content (AvgIpc) is 3.59. The highest BCUT2D eigenvalue weighted by Crippen LogP contribution is 2.41. The Hall–Kier alpha value is -3.11. The van der Waals surface area contributed by atoms with E-state index >= 15 is 0 Å². The Balaban J connectivity index is 1.20. The zero-order valence-corrected chi connectivity index (χ0v) is 28.6. The van der Waals surface area contributed by atoms with Gasteiger partial charge in [0.05, 0.1) is 33.7 Å². The number of aryl methyl sites for hydroxylation is 2. The number of halogens is 1. The van der Waals surface area contributed by atoms with Gasteiger partial charge in [0, 0.05) is 30.2 Å². The number of thiazole rings is 1. The van der Waals surface area contributed by atoms with Gasteiger partial charge in [0.25, 0.3) is 0 Å². The van der Waals surface area contributed by atoms with E-state index in [0.29, 0.717) is 23.9 Å². The van der Waals surface area contributed by atoms with E-state index in [-0.39, 0.29) is 29.7 Å². The third-order valence-corrected chi connectivity index (χ3v) is 12.7. The Morgan fingerprint density at radius 3 is 2.53 bits per heavy atom. The van der Waals surface area contributed by atoms with Crippen LogP contribution < -0.4 is 10.6 Å². The molecule has 2 saturated heterocycles. The molecule has 1 unspecified atom stereocenters. The van der Waals surface area contributed by atoms with Gasteiger partial charge >= 0.3 is 5.97 Å². The lowest BCUT2D eigenvalue weighted by Crippen LogP contribution is -2.43. The van der Waals surface area contributed by atoms with E-state index in [1.54, 1.807) is 17.4 Å². The summed E-state index contributed by atoms with van der Waals surface area (Å²) in [6.07, 6.45) is 13.1. The highest BCUT2D eigenvalue weighted by molar-refractivity contribution is 7.09. The quantitative estimate of drug-likeness (QED) is 0.191. The molecule has 4 heterocycles. The van der Waals surface area contributed by atoms with Crippen molar-refractivity contribution in [3.05, 3.63) is 63.0 Å². The second-order valence-electron chi connectivity index (χ2n) is 14.4. The highest BCUT2D eigenvalue weighted by atomic mass is 32.1. The maximum Gasteiger partial charge on any atom is 0.306 e. The lowest BCUT2D eigenvalue weighted by atomic mass is 9.78. The number of nitrogens with zero attached hydrogens (tertiary/aromatic N) is 4. The minimum Gasteiger partial charge on any atom is -0.481 e. The van der Waals surface area contributed by atoms with E-state index in [4.69, 9.17) is 9.97 Å². The van der Waals surface area contributed by atoms with Crippen LogP contribution in [0.4, 0.5) is 16.2 Å². The molecular formula is C37H49FN6O2S. The van der Waals surface area contributed by atoms with Gasteiger partial charge in [-0.05, 0) is 114 Å². The Labute approximate surface area is 282 Å². The molecule has 7 rings (SSSR count). The van der Waals surface area contributed by atoms with Gasteiger partial charge in [0.2, 0.25) is 5.95 Å². The molecule has 2 bridgehead atoms. The summed E-state index contributed by atoms with van der Waals surface area (Å²) in [6.45, 7) is 5.23. The number of fused-ring (bicyclic) bond motifs is 3. The number of nitrogens with one attached hydrogen (secondary N) is 2. The van der Waals surface area contributed by atoms with Crippen molar-refractivity contribution in [2.24, 2.45) is 11.8 Å². The van der Waals surface area contributed by atoms with E-state index in [2.05, 4.69) is 34.4 Å². The fourth-order valence-electron chi connectivity index (χ4n) is 9.07. The molecule has 3 fully saturated rings. The molecule has 0 amide bonds. The van der Waals surface area contributed by atoms with Crippen molar-refractivity contribution in [1.29, 1.82) is 0 Å². The molecule has 252 valence electrons. The molecule has 47 heavy (non-hydrogen) atoms. The van der Waals surface area contributed by atoms with Crippen LogP contribution in [-0.4, -0.2) is 55.6 Å². The van der Waals surface area contributed by atoms with Crippen molar-refractivity contribution >= 4 is 29.1 Å². The number of hydrogen-bond acceptors (Lipinski definition) is 8. The van der Waals surface area contributed by atoms with Crippen LogP contribution in [0.2, 0.25) is 0 Å². The molecule has 4 aliphatic rings. The standard InChI is InChI=1S/C37H49FN6O2S/c1-3-31(23-10-12-24(13-11-23)36(45)46)41-37-42-32-17-14-26(25-6-4-7-27(38)18-25)19-30(32)35(43-37)40-33(34-22(2)39-21-47-34)20-44-28-8-5-9-29(44)16-15-28/h4,6-7,18,21,23-24,26,28-29,31,33H,3,5,8-17,19-20H2,1-2H3,(H,45,46)(H2,40,41,42,43)/t23?,24?,26-,28-,29?,31-,33+/m1/s1. The van der Waals surface area contributed by atoms with Gasteiger partial charge in [-0.25, -0.2) is 14.4 Å². The molecule has 2 aliphatic carbocycles. The van der Waals surface area contributed by atoms with E-state index in [1.807, 2.05) is 17.6 Å². The topological polar surface area (TPSA) is 103 Å². The van der Waals surface area contributed by atoms with Crippen molar-refractivity contribution in [3.63, 3.8) is 0 Å². The summed E-state index contributed by atoms with van der Waals surface area (Å²) in [5.41, 5.74) is 6.27. The molecule has 0 spiro atoms. The molecule has 1 aromatic carbocycles. The third-order valence-electron chi connectivity index (χ3n) is 11.7. The average molecular weight is 661 g/mol. The van der Waals surface area contributed by atoms with Gasteiger partial charge in [-0.2, -0.15) is 4.98 Å². The number of anilines is 2. The maximum absolute atomic E-state index is 14.3. The smallest absolute Gasteiger partial charge is 0.306 e. The monoisotopic (exact) mass is 660 g/mol. The Morgan fingerprint density at radius 1 is 1.06 bits per heavy atom. The number of carboxylic acids is 1. The number of piperidine rings is 1. The van der Waals surface area contributed by atoms with Gasteiger partial charge in [-0.3, -0.25) is 9.69 Å². The number of rotatable bonds is 11. The summed E-state index contributed by atoms with van der Waals surface area (Å²) in [5.74, 6) is 1.04. The Morgan fingerprint density at radius 2 is 1.85 bits per heavy atom. The van der Waals surface area contributed by atoms with Crippen LogP contribution in [-0.2, 0) is 17.6 Å². The molecule has 1 saturated carbocycles. The summed E-state index contributed by atoms with van der Waals surface area (Å²) >= 11 is 1.72. The second kappa shape index (κ2) is 14.2. The van der Waals surface area contributed by atoms with Crippen molar-refractivity contribution < 1.29 is 14.3 Å². The lowest BCUT2D eigenvalue weighted by molar-refractivity contribution is -0.143. The van der Waals surface area contributed by atoms with Crippen LogP contribution in [0.15, 0.2) is 29.8 Å². The number of hydrogen-bond donors (Lipinski definition) is 3. The first-order valence-corrected chi connectivity index (χ1v) is 18.8. The second-order valence-corrected chi connectivity index (χ2v) is 15.3. The molecule has 2 aliphatic heterocycles. The summed E-state index contributed by atoms with van der Waals surface area (Å²) in [5, 5.41) is 17.2. The number of carbonyl (C=O) groups is 1. The molecule has 3 aromatic rings. The fraction of sp³-hybridized carbons (Fsp3) is 0.622. The Bertz CT molecular complexity index is 1540. The summed E-state index contributed by atoms with van der Waals surface area (Å²) in [7, 11) is 0. The van der Waals surface area contributed by atoms with E-state index in [9.17, 15) is 14.3 Å². The first kappa shape index (κ1) is 32.4. The van der Waals surface area contributed by atoms with Crippen LogP contribution in [0, 0.1) is 24.6 Å². The highest BCUT2D eigenvalue weighted by Gasteiger charge is 2.39. The number of aliphatic carboxylic acids is 1. The third kappa shape index (κ3) is 7.05. The van der Waals surface area contributed by atoms with Gasteiger partial charge in [-0.15, -0.1) is 11.3 Å². The van der Waals surface area contributed by atoms with Gasteiger partial charge in [0.15, 0.2) is 0 Å². The molecule has 2 aromatic heterocycles. The molecule has 8 nitrogen and oxygen atoms in total. The van der Waals surface area contributed by atoms with Gasteiger partial charge in [-0.1, -0.05) is 25.5 Å². The zero-order valence-electron chi connectivity index (χ0n) is 27.8. The number of carboxylic acid groups (broad SMARTS) is 1. The predicted octanol–water partition coefficient (Wildman–Crippen LogP) is 7.90. The normalized spacial score (nSPS) is 27.2. The summed E-state index contributed by atoms with van der Waals surface area (Å²) in [4.78, 5) is 30.6. The van der Waals surface area contributed by atoms with E-state index in [0.717, 1.165) is 86.2 Å². The number of aromatic nitrogens is 3. The van der Waals surface area contributed by atoms with E-state index < -0.39 is 5.97 Å². The van der Waals surface area contributed by atoms with Crippen molar-refractivity contribution in [1.82, 2.24) is 19.9 Å². The molecule has 5 atom stereocenters. The fourth-order valence-corrected chi connectivity index (χ4v) is 9.91. The van der Waals surface area contributed by atoms with Crippen molar-refractivity contribution in [3.8, 4) is 0 Å². The maximum atomic E-state index is 14.3. The molecular weight excluding hydrogens is 612 g/mol. The molecule has 3 N–H and O–H groups in total. The van der Waals surface area contributed by atoms with Crippen LogP contribution in [0.3, 0.4) is 0 Å². The van der Waals surface area contributed by atoms with E-state index in [1.165, 1.54) is 43.0 Å². The summed E-state index contributed by atoms with van der Waals surface area (Å²) in [6, 6.07) is 8.60. The number of benzene rings is 1. The molecule has 0 radical (unpaired) electrons. The minimum absolute atomic E-state index is 0.0540. The Kier molecular flexibility index (Phi) is 9.78. The summed E-state index contributed by atoms with van der Waals surface area (Å²) < 4.78 is 14.3. The van der Waals surface area contributed by atoms with Crippen molar-refractivity contribution in [2.45, 2.75) is 127 Å². The molecule has 10 heteroatoms. The first-order valence-electron chi connectivity index (χ1n) is 17.9. The van der Waals surface area contributed by atoms with Crippen LogP contribution in [0.5, 0.6) is 0 Å². The first-order chi connectivity index (χ1) is 22.9. The SMILES string of the molecule is CC[C@@H](Nc1nc2c(c(N[C@@H](CN3C4CCC[C@@H]3CC4)c3scnc3C)n1)C[C@H](c1cccc(F)c1)CC2)C1CCC(C(=O)O)CC1. The van der Waals surface area contributed by atoms with Gasteiger partial charge < -0.3 is 15.7 Å².